The van der Waals surface area contributed by atoms with Gasteiger partial charge >= 0.3 is 0 Å². The summed E-state index contributed by atoms with van der Waals surface area (Å²) >= 11 is 8.59. The minimum atomic E-state index is -0.499. The first kappa shape index (κ1) is 14.5. The van der Waals surface area contributed by atoms with E-state index >= 15 is 0 Å². The third-order valence-electron chi connectivity index (χ3n) is 3.79. The molecule has 0 aliphatic heterocycles. The van der Waals surface area contributed by atoms with Gasteiger partial charge < -0.3 is 11.1 Å². The van der Waals surface area contributed by atoms with Crippen LogP contribution in [0, 0.1) is 6.92 Å². The predicted molar refractivity (Wildman–Crippen MR) is 84.3 cm³/mol. The maximum atomic E-state index is 12.4. The number of benzene rings is 1. The van der Waals surface area contributed by atoms with Crippen LogP contribution in [-0.2, 0) is 0 Å². The maximum absolute atomic E-state index is 12.4. The van der Waals surface area contributed by atoms with Gasteiger partial charge in [0.05, 0.1) is 10.5 Å². The molecule has 0 saturated heterocycles. The van der Waals surface area contributed by atoms with Gasteiger partial charge in [-0.3, -0.25) is 4.79 Å². The van der Waals surface area contributed by atoms with Crippen molar-refractivity contribution < 1.29 is 4.79 Å². The van der Waals surface area contributed by atoms with Crippen molar-refractivity contribution in [2.75, 3.05) is 0 Å². The van der Waals surface area contributed by atoms with Gasteiger partial charge in [-0.15, -0.1) is 0 Å². The zero-order chi connectivity index (χ0) is 14.0. The Morgan fingerprint density at radius 2 is 2.05 bits per heavy atom. The van der Waals surface area contributed by atoms with Crippen LogP contribution >= 0.6 is 28.1 Å². The van der Waals surface area contributed by atoms with Crippen LogP contribution in [0.25, 0.3) is 0 Å². The summed E-state index contributed by atoms with van der Waals surface area (Å²) < 4.78 is 0.927. The van der Waals surface area contributed by atoms with Crippen molar-refractivity contribution in [1.29, 1.82) is 0 Å². The van der Waals surface area contributed by atoms with E-state index in [-0.39, 0.29) is 5.91 Å². The highest BCUT2D eigenvalue weighted by Gasteiger charge is 2.38. The van der Waals surface area contributed by atoms with E-state index in [0.717, 1.165) is 35.7 Å². The van der Waals surface area contributed by atoms with Crippen LogP contribution < -0.4 is 11.1 Å². The molecule has 0 radical (unpaired) electrons. The molecule has 0 spiro atoms. The van der Waals surface area contributed by atoms with Crippen molar-refractivity contribution in [3.63, 3.8) is 0 Å². The topological polar surface area (TPSA) is 55.1 Å². The van der Waals surface area contributed by atoms with Gasteiger partial charge in [-0.25, -0.2) is 0 Å². The summed E-state index contributed by atoms with van der Waals surface area (Å²) in [7, 11) is 0. The molecular weight excluding hydrogens is 324 g/mol. The molecule has 1 saturated carbocycles. The second-order valence-corrected chi connectivity index (χ2v) is 6.31. The van der Waals surface area contributed by atoms with Crippen LogP contribution in [0.1, 0.15) is 41.6 Å². The van der Waals surface area contributed by atoms with Crippen LogP contribution in [0.5, 0.6) is 0 Å². The fourth-order valence-electron chi connectivity index (χ4n) is 2.55. The molecule has 3 nitrogen and oxygen atoms in total. The number of carbonyl (C=O) groups excluding carboxylic acids is 1. The number of rotatable bonds is 3. The van der Waals surface area contributed by atoms with Gasteiger partial charge in [0.2, 0.25) is 0 Å². The zero-order valence-corrected chi connectivity index (χ0v) is 13.2. The summed E-state index contributed by atoms with van der Waals surface area (Å²) in [6.45, 7) is 1.92. The second-order valence-electron chi connectivity index (χ2n) is 5.02. The van der Waals surface area contributed by atoms with Gasteiger partial charge in [0.1, 0.15) is 0 Å². The average Bonchev–Trinajstić information content (AvgIpc) is 2.82. The van der Waals surface area contributed by atoms with Crippen molar-refractivity contribution in [1.82, 2.24) is 5.32 Å². The first-order valence-electron chi connectivity index (χ1n) is 6.34. The lowest BCUT2D eigenvalue weighted by Gasteiger charge is -2.29. The van der Waals surface area contributed by atoms with Gasteiger partial charge in [-0.05, 0) is 37.5 Å². The first-order chi connectivity index (χ1) is 8.96. The van der Waals surface area contributed by atoms with Crippen molar-refractivity contribution >= 4 is 39.0 Å². The normalized spacial score (nSPS) is 17.2. The van der Waals surface area contributed by atoms with Crippen molar-refractivity contribution in [2.45, 2.75) is 38.1 Å². The predicted octanol–water partition coefficient (Wildman–Crippen LogP) is 3.09. The van der Waals surface area contributed by atoms with E-state index in [1.807, 2.05) is 25.1 Å². The van der Waals surface area contributed by atoms with Crippen molar-refractivity contribution in [2.24, 2.45) is 5.73 Å². The molecule has 0 aromatic heterocycles. The number of halogens is 1. The average molecular weight is 341 g/mol. The lowest BCUT2D eigenvalue weighted by molar-refractivity contribution is 0.0924. The molecule has 1 aromatic rings. The molecule has 1 aliphatic carbocycles. The molecule has 0 unspecified atom stereocenters. The van der Waals surface area contributed by atoms with E-state index in [1.54, 1.807) is 0 Å². The van der Waals surface area contributed by atoms with Crippen LogP contribution in [-0.4, -0.2) is 16.4 Å². The molecule has 1 aliphatic rings. The highest BCUT2D eigenvalue weighted by molar-refractivity contribution is 9.10. The monoisotopic (exact) mass is 340 g/mol. The van der Waals surface area contributed by atoms with Crippen molar-refractivity contribution in [3.05, 3.63) is 33.8 Å². The summed E-state index contributed by atoms with van der Waals surface area (Å²) in [4.78, 5) is 12.8. The third-order valence-corrected chi connectivity index (χ3v) is 5.04. The fourth-order valence-corrected chi connectivity index (χ4v) is 3.17. The quantitative estimate of drug-likeness (QED) is 0.831. The second kappa shape index (κ2) is 5.59. The molecule has 1 aromatic carbocycles. The lowest BCUT2D eigenvalue weighted by atomic mass is 9.96. The Morgan fingerprint density at radius 1 is 1.42 bits per heavy atom. The Bertz CT molecular complexity index is 524. The van der Waals surface area contributed by atoms with Crippen LogP contribution in [0.15, 0.2) is 22.7 Å². The summed E-state index contributed by atoms with van der Waals surface area (Å²) in [6, 6.07) is 5.59. The number of thiocarbonyl (C=S) groups is 1. The van der Waals surface area contributed by atoms with Gasteiger partial charge in [-0.2, -0.15) is 0 Å². The largest absolute Gasteiger partial charge is 0.391 e. The van der Waals surface area contributed by atoms with E-state index in [9.17, 15) is 4.79 Å². The fraction of sp³-hybridized carbons (Fsp3) is 0.429. The van der Waals surface area contributed by atoms with E-state index in [4.69, 9.17) is 18.0 Å². The molecule has 2 rings (SSSR count). The minimum absolute atomic E-state index is 0.103. The molecule has 3 N–H and O–H groups in total. The number of hydrogen-bond acceptors (Lipinski definition) is 2. The van der Waals surface area contributed by atoms with Crippen LogP contribution in [0.4, 0.5) is 0 Å². The summed E-state index contributed by atoms with van der Waals surface area (Å²) in [5.41, 5.74) is 6.93. The molecule has 19 heavy (non-hydrogen) atoms. The van der Waals surface area contributed by atoms with Gasteiger partial charge in [-0.1, -0.05) is 47.1 Å². The molecule has 0 bridgehead atoms. The van der Waals surface area contributed by atoms with Crippen LogP contribution in [0.2, 0.25) is 0 Å². The molecule has 0 heterocycles. The summed E-state index contributed by atoms with van der Waals surface area (Å²) in [5.74, 6) is -0.103. The first-order valence-corrected chi connectivity index (χ1v) is 7.54. The van der Waals surface area contributed by atoms with E-state index in [0.29, 0.717) is 10.6 Å². The van der Waals surface area contributed by atoms with E-state index < -0.39 is 5.54 Å². The van der Waals surface area contributed by atoms with Gasteiger partial charge in [0.15, 0.2) is 0 Å². The zero-order valence-electron chi connectivity index (χ0n) is 10.8. The Hall–Kier alpha value is -0.940. The number of hydrogen-bond donors (Lipinski definition) is 2. The smallest absolute Gasteiger partial charge is 0.252 e. The molecule has 1 amide bonds. The Kier molecular flexibility index (Phi) is 4.26. The van der Waals surface area contributed by atoms with Crippen molar-refractivity contribution in [3.8, 4) is 0 Å². The molecule has 102 valence electrons. The number of amides is 1. The molecule has 1 fully saturated rings. The Balaban J connectivity index is 2.25. The van der Waals surface area contributed by atoms with Gasteiger partial charge in [0.25, 0.3) is 5.91 Å². The highest BCUT2D eigenvalue weighted by Crippen LogP contribution is 2.31. The molecule has 0 atom stereocenters. The minimum Gasteiger partial charge on any atom is -0.391 e. The maximum Gasteiger partial charge on any atom is 0.252 e. The highest BCUT2D eigenvalue weighted by atomic mass is 79.9. The standard InChI is InChI=1S/C14H17BrN2OS/c1-9-10(5-4-6-11(9)15)12(18)17-14(13(16)19)7-2-3-8-14/h4-6H,2-3,7-8H2,1H3,(H2,16,19)(H,17,18). The lowest BCUT2D eigenvalue weighted by Crippen LogP contribution is -2.54. The van der Waals surface area contributed by atoms with E-state index in [1.165, 1.54) is 0 Å². The Morgan fingerprint density at radius 3 is 2.63 bits per heavy atom. The summed E-state index contributed by atoms with van der Waals surface area (Å²) in [5, 5.41) is 3.05. The van der Waals surface area contributed by atoms with E-state index in [2.05, 4.69) is 21.2 Å². The molecular formula is C14H17BrN2OS. The molecule has 5 heteroatoms. The Labute approximate surface area is 127 Å². The number of carbonyl (C=O) groups is 1. The number of nitrogens with one attached hydrogen (secondary N) is 1. The SMILES string of the molecule is Cc1c(Br)cccc1C(=O)NC1(C(N)=S)CCCC1. The van der Waals surface area contributed by atoms with Crippen LogP contribution in [0.3, 0.4) is 0 Å². The third kappa shape index (κ3) is 2.82. The van der Waals surface area contributed by atoms with Gasteiger partial charge in [0, 0.05) is 10.0 Å². The number of nitrogens with two attached hydrogens (primary N) is 1. The summed E-state index contributed by atoms with van der Waals surface area (Å²) in [6.07, 6.45) is 3.77.